The molecule has 0 aliphatic carbocycles. The molecule has 1 heterocycles. The lowest BCUT2D eigenvalue weighted by molar-refractivity contribution is -0.351. The van der Waals surface area contributed by atoms with E-state index in [4.69, 9.17) is 0 Å². The molecule has 0 aromatic carbocycles. The summed E-state index contributed by atoms with van der Waals surface area (Å²) >= 11 is 0. The molecule has 1 saturated heterocycles. The van der Waals surface area contributed by atoms with E-state index in [1.54, 1.807) is 0 Å². The van der Waals surface area contributed by atoms with E-state index in [0.717, 1.165) is 0 Å². The van der Waals surface area contributed by atoms with E-state index in [2.05, 4.69) is 0 Å². The number of likely N-dealkylation sites (tertiary alicyclic amines) is 1. The SMILES string of the molecule is FC(=C(C(F)(F)F)C(F)(F)C(F)(F)C(F)(F)F)N1CCCC1. The maximum atomic E-state index is 13.6. The molecule has 0 unspecified atom stereocenters. The van der Waals surface area contributed by atoms with Gasteiger partial charge in [-0.15, -0.1) is 0 Å². The number of hydrogen-bond acceptors (Lipinski definition) is 1. The smallest absolute Gasteiger partial charge is 0.348 e. The molecule has 0 aromatic rings. The quantitative estimate of drug-likeness (QED) is 0.528. The molecule has 22 heavy (non-hydrogen) atoms. The highest BCUT2D eigenvalue weighted by molar-refractivity contribution is 5.27. The highest BCUT2D eigenvalue weighted by Gasteiger charge is 2.78. The summed E-state index contributed by atoms with van der Waals surface area (Å²) < 4.78 is 139. The molecule has 0 atom stereocenters. The summed E-state index contributed by atoms with van der Waals surface area (Å²) in [6, 6.07) is 0. The minimum absolute atomic E-state index is 0.0587. The van der Waals surface area contributed by atoms with Crippen molar-refractivity contribution in [2.24, 2.45) is 0 Å². The third-order valence-electron chi connectivity index (χ3n) is 2.94. The Morgan fingerprint density at radius 3 is 1.45 bits per heavy atom. The van der Waals surface area contributed by atoms with Crippen molar-refractivity contribution in [2.45, 2.75) is 37.0 Å². The average molecular weight is 351 g/mol. The van der Waals surface area contributed by atoms with E-state index in [0.29, 0.717) is 0 Å². The van der Waals surface area contributed by atoms with Crippen molar-refractivity contribution in [1.82, 2.24) is 4.90 Å². The van der Waals surface area contributed by atoms with Crippen LogP contribution < -0.4 is 0 Å². The highest BCUT2D eigenvalue weighted by atomic mass is 19.4. The zero-order valence-electron chi connectivity index (χ0n) is 10.4. The Hall–Kier alpha value is -1.23. The van der Waals surface area contributed by atoms with Crippen molar-refractivity contribution < 1.29 is 48.3 Å². The van der Waals surface area contributed by atoms with Gasteiger partial charge in [0.25, 0.3) is 0 Å². The summed E-state index contributed by atoms with van der Waals surface area (Å²) in [5.74, 6) is -16.7. The van der Waals surface area contributed by atoms with Crippen LogP contribution in [-0.4, -0.2) is 42.2 Å². The molecule has 0 radical (unpaired) electrons. The lowest BCUT2D eigenvalue weighted by atomic mass is 10.0. The fourth-order valence-corrected chi connectivity index (χ4v) is 1.83. The molecule has 1 aliphatic heterocycles. The molecule has 1 rings (SSSR count). The lowest BCUT2D eigenvalue weighted by Crippen LogP contribution is -2.55. The van der Waals surface area contributed by atoms with Crippen molar-refractivity contribution in [3.63, 3.8) is 0 Å². The van der Waals surface area contributed by atoms with Crippen LogP contribution >= 0.6 is 0 Å². The highest BCUT2D eigenvalue weighted by Crippen LogP contribution is 2.54. The van der Waals surface area contributed by atoms with E-state index < -0.39 is 48.8 Å². The van der Waals surface area contributed by atoms with Gasteiger partial charge in [-0.3, -0.25) is 0 Å². The predicted molar refractivity (Wildman–Crippen MR) is 50.9 cm³/mol. The van der Waals surface area contributed by atoms with Crippen LogP contribution in [0.15, 0.2) is 11.5 Å². The van der Waals surface area contributed by atoms with Gasteiger partial charge in [0.15, 0.2) is 5.57 Å². The molecule has 1 aliphatic rings. The summed E-state index contributed by atoms with van der Waals surface area (Å²) in [6.45, 7) is -1.00. The van der Waals surface area contributed by atoms with E-state index in [-0.39, 0.29) is 17.7 Å². The van der Waals surface area contributed by atoms with Crippen LogP contribution in [0.4, 0.5) is 48.3 Å². The summed E-state index contributed by atoms with van der Waals surface area (Å²) in [6.07, 6.45) is -13.2. The summed E-state index contributed by atoms with van der Waals surface area (Å²) in [7, 11) is 0. The molecule has 12 heteroatoms. The van der Waals surface area contributed by atoms with Gasteiger partial charge in [-0.2, -0.15) is 48.3 Å². The molecular formula is C10H8F11N. The summed E-state index contributed by atoms with van der Waals surface area (Å²) in [5.41, 5.74) is -3.83. The van der Waals surface area contributed by atoms with Crippen LogP contribution in [0.1, 0.15) is 12.8 Å². The predicted octanol–water partition coefficient (Wildman–Crippen LogP) is 4.66. The zero-order chi connectivity index (χ0) is 17.6. The number of rotatable bonds is 3. The van der Waals surface area contributed by atoms with Crippen molar-refractivity contribution in [3.05, 3.63) is 11.5 Å². The first kappa shape index (κ1) is 18.8. The fraction of sp³-hybridized carbons (Fsp3) is 0.800. The van der Waals surface area contributed by atoms with E-state index >= 15 is 0 Å². The third kappa shape index (κ3) is 3.09. The number of halogens is 11. The Kier molecular flexibility index (Phi) is 4.66. The van der Waals surface area contributed by atoms with Gasteiger partial charge in [-0.05, 0) is 12.8 Å². The Morgan fingerprint density at radius 1 is 0.727 bits per heavy atom. The average Bonchev–Trinajstić information content (AvgIpc) is 2.77. The third-order valence-corrected chi connectivity index (χ3v) is 2.94. The molecule has 1 nitrogen and oxygen atoms in total. The fourth-order valence-electron chi connectivity index (χ4n) is 1.83. The van der Waals surface area contributed by atoms with Gasteiger partial charge in [0.2, 0.25) is 5.95 Å². The van der Waals surface area contributed by atoms with Gasteiger partial charge < -0.3 is 4.90 Å². The molecule has 0 aromatic heterocycles. The van der Waals surface area contributed by atoms with Crippen molar-refractivity contribution >= 4 is 0 Å². The molecule has 0 amide bonds. The number of alkyl halides is 10. The van der Waals surface area contributed by atoms with Crippen molar-refractivity contribution in [2.75, 3.05) is 13.1 Å². The van der Waals surface area contributed by atoms with Gasteiger partial charge in [-0.1, -0.05) is 0 Å². The largest absolute Gasteiger partial charge is 0.460 e. The maximum Gasteiger partial charge on any atom is 0.460 e. The topological polar surface area (TPSA) is 3.24 Å². The van der Waals surface area contributed by atoms with E-state index in [9.17, 15) is 48.3 Å². The Balaban J connectivity index is 3.49. The van der Waals surface area contributed by atoms with Gasteiger partial charge >= 0.3 is 24.2 Å². The van der Waals surface area contributed by atoms with Crippen LogP contribution in [-0.2, 0) is 0 Å². The molecule has 0 saturated carbocycles. The first-order valence-electron chi connectivity index (χ1n) is 5.68. The van der Waals surface area contributed by atoms with Crippen LogP contribution in [0.3, 0.4) is 0 Å². The van der Waals surface area contributed by atoms with E-state index in [1.807, 2.05) is 0 Å². The molecule has 0 bridgehead atoms. The number of nitrogens with zero attached hydrogens (tertiary/aromatic N) is 1. The molecular weight excluding hydrogens is 343 g/mol. The van der Waals surface area contributed by atoms with Gasteiger partial charge in [-0.25, -0.2) is 0 Å². The standard InChI is InChI=1S/C10H8F11N/c11-6(22-3-1-2-4-22)5(8(14,15)16)7(12,13)9(17,18)10(19,20)21/h1-4H2. The lowest BCUT2D eigenvalue weighted by Gasteiger charge is -2.32. The number of hydrogen-bond donors (Lipinski definition) is 0. The van der Waals surface area contributed by atoms with E-state index in [1.165, 1.54) is 0 Å². The first-order chi connectivity index (χ1) is 9.64. The van der Waals surface area contributed by atoms with Crippen LogP contribution in [0.5, 0.6) is 0 Å². The van der Waals surface area contributed by atoms with Crippen LogP contribution in [0, 0.1) is 0 Å². The van der Waals surface area contributed by atoms with Crippen molar-refractivity contribution in [1.29, 1.82) is 0 Å². The second-order valence-corrected chi connectivity index (χ2v) is 4.50. The minimum Gasteiger partial charge on any atom is -0.348 e. The van der Waals surface area contributed by atoms with Crippen LogP contribution in [0.25, 0.3) is 0 Å². The molecule has 0 N–H and O–H groups in total. The maximum absolute atomic E-state index is 13.6. The minimum atomic E-state index is -7.08. The zero-order valence-corrected chi connectivity index (χ0v) is 10.4. The Morgan fingerprint density at radius 2 is 1.14 bits per heavy atom. The van der Waals surface area contributed by atoms with Gasteiger partial charge in [0.1, 0.15) is 0 Å². The molecule has 1 fully saturated rings. The second-order valence-electron chi connectivity index (χ2n) is 4.50. The molecule has 130 valence electrons. The Bertz CT molecular complexity index is 439. The van der Waals surface area contributed by atoms with Gasteiger partial charge in [0, 0.05) is 13.1 Å². The summed E-state index contributed by atoms with van der Waals surface area (Å²) in [5, 5.41) is 0. The number of allylic oxidation sites excluding steroid dienone is 1. The Labute approximate surface area is 116 Å². The van der Waals surface area contributed by atoms with Crippen LogP contribution in [0.2, 0.25) is 0 Å². The molecule has 0 spiro atoms. The first-order valence-corrected chi connectivity index (χ1v) is 5.68. The van der Waals surface area contributed by atoms with Crippen molar-refractivity contribution in [3.8, 4) is 0 Å². The van der Waals surface area contributed by atoms with Gasteiger partial charge in [0.05, 0.1) is 0 Å². The monoisotopic (exact) mass is 351 g/mol. The second kappa shape index (κ2) is 5.44. The normalized spacial score (nSPS) is 19.5. The summed E-state index contributed by atoms with van der Waals surface area (Å²) in [4.78, 5) is 0.0587.